The average molecular weight is 344 g/mol. The molecule has 0 unspecified atom stereocenters. The molecule has 3 rings (SSSR count). The van der Waals surface area contributed by atoms with E-state index in [1.165, 1.54) is 0 Å². The number of hydrogen-bond acceptors (Lipinski definition) is 4. The van der Waals surface area contributed by atoms with Gasteiger partial charge in [0.1, 0.15) is 0 Å². The molecule has 1 aromatic carbocycles. The third-order valence-corrected chi connectivity index (χ3v) is 5.75. The zero-order valence-corrected chi connectivity index (χ0v) is 15.1. The van der Waals surface area contributed by atoms with Crippen LogP contribution in [0.25, 0.3) is 10.8 Å². The number of benzene rings is 1. The second-order valence-corrected chi connectivity index (χ2v) is 7.78. The molecule has 5 heteroatoms. The van der Waals surface area contributed by atoms with Crippen molar-refractivity contribution in [3.8, 4) is 0 Å². The molecule has 0 atom stereocenters. The fourth-order valence-electron chi connectivity index (χ4n) is 3.24. The minimum Gasteiger partial charge on any atom is -0.351 e. The van der Waals surface area contributed by atoms with Crippen LogP contribution >= 0.6 is 11.3 Å². The molecule has 1 aliphatic heterocycles. The van der Waals surface area contributed by atoms with Crippen molar-refractivity contribution >= 4 is 28.0 Å². The lowest BCUT2D eigenvalue weighted by Crippen LogP contribution is -2.41. The van der Waals surface area contributed by atoms with Gasteiger partial charge in [0.2, 0.25) is 4.74 Å². The zero-order valence-electron chi connectivity index (χ0n) is 14.2. The van der Waals surface area contributed by atoms with E-state index in [1.54, 1.807) is 6.07 Å². The summed E-state index contributed by atoms with van der Waals surface area (Å²) in [5, 5.41) is 4.53. The van der Waals surface area contributed by atoms with Crippen LogP contribution in [0, 0.1) is 5.92 Å². The summed E-state index contributed by atoms with van der Waals surface area (Å²) in [5.74, 6) is 0.398. The van der Waals surface area contributed by atoms with Gasteiger partial charge in [-0.2, -0.15) is 0 Å². The van der Waals surface area contributed by atoms with Crippen molar-refractivity contribution in [3.05, 3.63) is 44.7 Å². The summed E-state index contributed by atoms with van der Waals surface area (Å²) in [7, 11) is 0. The Bertz CT molecular complexity index is 776. The van der Waals surface area contributed by atoms with Crippen molar-refractivity contribution in [1.82, 2.24) is 10.2 Å². The molecule has 1 fully saturated rings. The van der Waals surface area contributed by atoms with Gasteiger partial charge in [0.25, 0.3) is 5.91 Å². The fraction of sp³-hybridized carbons (Fsp3) is 0.474. The molecule has 1 saturated heterocycles. The van der Waals surface area contributed by atoms with Crippen molar-refractivity contribution < 1.29 is 4.79 Å². The van der Waals surface area contributed by atoms with E-state index >= 15 is 0 Å². The first-order valence-electron chi connectivity index (χ1n) is 8.59. The number of hydrogen-bond donors (Lipinski definition) is 1. The van der Waals surface area contributed by atoms with Crippen LogP contribution < -0.4 is 10.1 Å². The molecule has 2 aromatic rings. The van der Waals surface area contributed by atoms with Gasteiger partial charge in [-0.25, -0.2) is 0 Å². The van der Waals surface area contributed by atoms with Gasteiger partial charge in [-0.3, -0.25) is 9.59 Å². The zero-order chi connectivity index (χ0) is 17.1. The first kappa shape index (κ1) is 17.1. The van der Waals surface area contributed by atoms with Crippen LogP contribution in [0.5, 0.6) is 0 Å². The van der Waals surface area contributed by atoms with Crippen LogP contribution in [0.3, 0.4) is 0 Å². The molecule has 1 aliphatic rings. The molecule has 1 aromatic heterocycles. The number of carbonyl (C=O) groups is 1. The second-order valence-electron chi connectivity index (χ2n) is 6.77. The van der Waals surface area contributed by atoms with Gasteiger partial charge in [-0.05, 0) is 63.2 Å². The summed E-state index contributed by atoms with van der Waals surface area (Å²) in [6, 6.07) is 9.82. The van der Waals surface area contributed by atoms with Crippen LogP contribution in [0.4, 0.5) is 0 Å². The van der Waals surface area contributed by atoms with Crippen LogP contribution in [-0.4, -0.2) is 36.5 Å². The fourth-order valence-corrected chi connectivity index (χ4v) is 4.09. The summed E-state index contributed by atoms with van der Waals surface area (Å²) < 4.78 is -0.0523. The Morgan fingerprint density at radius 3 is 2.71 bits per heavy atom. The van der Waals surface area contributed by atoms with Crippen LogP contribution in [0.2, 0.25) is 0 Å². The van der Waals surface area contributed by atoms with Gasteiger partial charge in [0.15, 0.2) is 0 Å². The molecular formula is C19H24N2O2S. The lowest BCUT2D eigenvalue weighted by molar-refractivity contribution is 0.0933. The summed E-state index contributed by atoms with van der Waals surface area (Å²) in [5.41, 5.74) is 0. The van der Waals surface area contributed by atoms with Crippen molar-refractivity contribution in [2.24, 2.45) is 5.92 Å². The van der Waals surface area contributed by atoms with E-state index in [0.29, 0.717) is 28.8 Å². The van der Waals surface area contributed by atoms with Gasteiger partial charge < -0.3 is 10.2 Å². The minimum atomic E-state index is -0.130. The third-order valence-electron chi connectivity index (χ3n) is 4.82. The number of rotatable bonds is 4. The molecule has 2 heterocycles. The third kappa shape index (κ3) is 3.84. The first-order valence-corrected chi connectivity index (χ1v) is 9.41. The standard InChI is InChI=1S/C19H24N2O2S/c1-13(2)21-9-7-14(8-10-21)12-20-18(22)17-11-15-5-3-4-6-16(15)19(23)24-17/h3-6,11,13-14H,7-10,12H2,1-2H3,(H,20,22). The summed E-state index contributed by atoms with van der Waals surface area (Å²) in [6.45, 7) is 7.34. The smallest absolute Gasteiger partial charge is 0.261 e. The number of carbonyl (C=O) groups excluding carboxylic acids is 1. The normalized spacial score (nSPS) is 16.6. The Labute approximate surface area is 146 Å². The van der Waals surface area contributed by atoms with Crippen molar-refractivity contribution in [1.29, 1.82) is 0 Å². The molecule has 128 valence electrons. The van der Waals surface area contributed by atoms with Crippen molar-refractivity contribution in [3.63, 3.8) is 0 Å². The number of nitrogens with one attached hydrogen (secondary N) is 1. The van der Waals surface area contributed by atoms with E-state index in [9.17, 15) is 9.59 Å². The lowest BCUT2D eigenvalue weighted by atomic mass is 9.96. The van der Waals surface area contributed by atoms with Gasteiger partial charge >= 0.3 is 0 Å². The molecule has 24 heavy (non-hydrogen) atoms. The molecule has 1 amide bonds. The maximum Gasteiger partial charge on any atom is 0.261 e. The number of likely N-dealkylation sites (tertiary alicyclic amines) is 1. The number of amides is 1. The van der Waals surface area contributed by atoms with Gasteiger partial charge in [-0.15, -0.1) is 0 Å². The monoisotopic (exact) mass is 344 g/mol. The van der Waals surface area contributed by atoms with E-state index in [0.717, 1.165) is 42.7 Å². The topological polar surface area (TPSA) is 49.4 Å². The van der Waals surface area contributed by atoms with Gasteiger partial charge in [-0.1, -0.05) is 29.5 Å². The summed E-state index contributed by atoms with van der Waals surface area (Å²) in [6.07, 6.45) is 2.23. The van der Waals surface area contributed by atoms with Crippen LogP contribution in [-0.2, 0) is 0 Å². The molecule has 4 nitrogen and oxygen atoms in total. The quantitative estimate of drug-likeness (QED) is 0.927. The highest BCUT2D eigenvalue weighted by molar-refractivity contribution is 7.12. The summed E-state index contributed by atoms with van der Waals surface area (Å²) in [4.78, 5) is 27.5. The highest BCUT2D eigenvalue weighted by Crippen LogP contribution is 2.19. The SMILES string of the molecule is CC(C)N1CCC(CNC(=O)c2cc3ccccc3c(=O)s2)CC1. The van der Waals surface area contributed by atoms with E-state index in [2.05, 4.69) is 24.1 Å². The molecule has 0 spiro atoms. The molecule has 0 radical (unpaired) electrons. The predicted molar refractivity (Wildman–Crippen MR) is 99.9 cm³/mol. The largest absolute Gasteiger partial charge is 0.351 e. The maximum atomic E-state index is 12.4. The Kier molecular flexibility index (Phi) is 5.31. The number of fused-ring (bicyclic) bond motifs is 1. The molecule has 0 saturated carbocycles. The van der Waals surface area contributed by atoms with E-state index in [1.807, 2.05) is 24.3 Å². The number of piperidine rings is 1. The predicted octanol–water partition coefficient (Wildman–Crippen LogP) is 3.11. The lowest BCUT2D eigenvalue weighted by Gasteiger charge is -2.34. The average Bonchev–Trinajstić information content (AvgIpc) is 2.60. The molecular weight excluding hydrogens is 320 g/mol. The summed E-state index contributed by atoms with van der Waals surface area (Å²) >= 11 is 1.03. The molecule has 1 N–H and O–H groups in total. The maximum absolute atomic E-state index is 12.4. The Hall–Kier alpha value is -1.72. The Balaban J connectivity index is 1.61. The van der Waals surface area contributed by atoms with E-state index in [4.69, 9.17) is 0 Å². The van der Waals surface area contributed by atoms with E-state index < -0.39 is 0 Å². The minimum absolute atomic E-state index is 0.0523. The van der Waals surface area contributed by atoms with Gasteiger partial charge in [0.05, 0.1) is 4.88 Å². The number of nitrogens with zero attached hydrogens (tertiary/aromatic N) is 1. The van der Waals surface area contributed by atoms with Crippen molar-refractivity contribution in [2.45, 2.75) is 32.7 Å². The molecule has 0 aliphatic carbocycles. The highest BCUT2D eigenvalue weighted by Gasteiger charge is 2.21. The van der Waals surface area contributed by atoms with Gasteiger partial charge in [0, 0.05) is 18.0 Å². The van der Waals surface area contributed by atoms with Crippen molar-refractivity contribution in [2.75, 3.05) is 19.6 Å². The first-order chi connectivity index (χ1) is 11.5. The Morgan fingerprint density at radius 1 is 1.29 bits per heavy atom. The van der Waals surface area contributed by atoms with Crippen LogP contribution in [0.1, 0.15) is 36.4 Å². The Morgan fingerprint density at radius 2 is 2.00 bits per heavy atom. The molecule has 0 bridgehead atoms. The van der Waals surface area contributed by atoms with Crippen LogP contribution in [0.15, 0.2) is 35.1 Å². The highest BCUT2D eigenvalue weighted by atomic mass is 32.1. The second kappa shape index (κ2) is 7.45. The van der Waals surface area contributed by atoms with E-state index in [-0.39, 0.29) is 10.6 Å².